The Labute approximate surface area is 185 Å². The van der Waals surface area contributed by atoms with Crippen LogP contribution in [0.3, 0.4) is 0 Å². The number of aliphatic hydroxyl groups is 1. The Morgan fingerprint density at radius 3 is 2.58 bits per heavy atom. The van der Waals surface area contributed by atoms with E-state index in [0.29, 0.717) is 19.0 Å². The van der Waals surface area contributed by atoms with Crippen molar-refractivity contribution in [1.29, 1.82) is 0 Å². The molecule has 3 N–H and O–H groups in total. The maximum absolute atomic E-state index is 12.9. The van der Waals surface area contributed by atoms with Crippen LogP contribution in [0, 0.1) is 0 Å². The molecule has 1 aromatic rings. The third kappa shape index (κ3) is 7.07. The molecule has 9 heteroatoms. The summed E-state index contributed by atoms with van der Waals surface area (Å²) in [4.78, 5) is 23.0. The van der Waals surface area contributed by atoms with E-state index in [1.807, 2.05) is 48.5 Å². The largest absolute Gasteiger partial charge is 0.444 e. The zero-order valence-corrected chi connectivity index (χ0v) is 19.7. The number of amides is 1. The molecule has 9 nitrogen and oxygen atoms in total. The van der Waals surface area contributed by atoms with Crippen LogP contribution in [0.5, 0.6) is 0 Å². The van der Waals surface area contributed by atoms with Crippen LogP contribution < -0.4 is 10.6 Å². The molecule has 0 aromatic carbocycles. The van der Waals surface area contributed by atoms with Crippen molar-refractivity contribution < 1.29 is 19.4 Å². The van der Waals surface area contributed by atoms with Gasteiger partial charge in [0.2, 0.25) is 0 Å². The van der Waals surface area contributed by atoms with Crippen molar-refractivity contribution in [2.24, 2.45) is 4.99 Å². The number of hydrogen-bond acceptors (Lipinski definition) is 6. The van der Waals surface area contributed by atoms with Gasteiger partial charge in [0.25, 0.3) is 0 Å². The minimum absolute atomic E-state index is 0.192. The van der Waals surface area contributed by atoms with Gasteiger partial charge in [-0.05, 0) is 66.2 Å². The van der Waals surface area contributed by atoms with E-state index in [4.69, 9.17) is 9.47 Å². The van der Waals surface area contributed by atoms with Crippen molar-refractivity contribution in [3.63, 3.8) is 0 Å². The number of hydrogen-bond donors (Lipinski definition) is 3. The number of carbonyl (C=O) groups excluding carboxylic acids is 1. The van der Waals surface area contributed by atoms with Crippen LogP contribution in [0.15, 0.2) is 29.5 Å². The molecule has 0 aliphatic carbocycles. The molecule has 0 spiro atoms. The molecule has 1 aliphatic rings. The molecular weight excluding hydrogens is 398 g/mol. The van der Waals surface area contributed by atoms with Crippen LogP contribution in [0.1, 0.15) is 60.1 Å². The Morgan fingerprint density at radius 1 is 1.35 bits per heavy atom. The van der Waals surface area contributed by atoms with E-state index in [0.717, 1.165) is 5.56 Å². The summed E-state index contributed by atoms with van der Waals surface area (Å²) < 4.78 is 11.7. The zero-order chi connectivity index (χ0) is 23.2. The number of pyridine rings is 1. The number of guanidine groups is 1. The van der Waals surface area contributed by atoms with Gasteiger partial charge in [0.05, 0.1) is 24.8 Å². The first-order chi connectivity index (χ1) is 14.4. The Hall–Kier alpha value is -2.39. The topological polar surface area (TPSA) is 108 Å². The molecule has 3 unspecified atom stereocenters. The molecule has 0 bridgehead atoms. The van der Waals surface area contributed by atoms with Crippen LogP contribution in [0.4, 0.5) is 4.79 Å². The summed E-state index contributed by atoms with van der Waals surface area (Å²) in [5.41, 5.74) is -0.636. The summed E-state index contributed by atoms with van der Waals surface area (Å²) in [6.45, 7) is 14.4. The molecule has 1 amide bonds. The van der Waals surface area contributed by atoms with Crippen LogP contribution >= 0.6 is 0 Å². The Bertz CT molecular complexity index is 748. The molecule has 1 aliphatic heterocycles. The maximum Gasteiger partial charge on any atom is 0.412 e. The second-order valence-electron chi connectivity index (χ2n) is 9.08. The van der Waals surface area contributed by atoms with Gasteiger partial charge < -0.3 is 25.2 Å². The van der Waals surface area contributed by atoms with E-state index >= 15 is 0 Å². The lowest BCUT2D eigenvalue weighted by atomic mass is 10.1. The maximum atomic E-state index is 12.9. The summed E-state index contributed by atoms with van der Waals surface area (Å²) >= 11 is 0. The molecule has 1 fully saturated rings. The number of nitrogens with zero attached hydrogens (tertiary/aromatic N) is 3. The van der Waals surface area contributed by atoms with E-state index in [1.54, 1.807) is 29.4 Å². The van der Waals surface area contributed by atoms with Crippen LogP contribution in [0.2, 0.25) is 0 Å². The summed E-state index contributed by atoms with van der Waals surface area (Å²) in [6, 6.07) is 3.27. The number of nitrogens with one attached hydrogen (secondary N) is 2. The van der Waals surface area contributed by atoms with E-state index in [9.17, 15) is 9.90 Å². The monoisotopic (exact) mass is 435 g/mol. The summed E-state index contributed by atoms with van der Waals surface area (Å²) in [5.74, 6) is 0.552. The average Bonchev–Trinajstić information content (AvgIpc) is 2.90. The van der Waals surface area contributed by atoms with Crippen molar-refractivity contribution in [3.05, 3.63) is 30.1 Å². The molecule has 3 atom stereocenters. The van der Waals surface area contributed by atoms with E-state index in [1.165, 1.54) is 0 Å². The Morgan fingerprint density at radius 2 is 2.00 bits per heavy atom. The lowest BCUT2D eigenvalue weighted by Crippen LogP contribution is -2.54. The second-order valence-corrected chi connectivity index (χ2v) is 9.08. The number of carbonyl (C=O) groups is 1. The van der Waals surface area contributed by atoms with Gasteiger partial charge in [0.15, 0.2) is 5.96 Å². The Balaban J connectivity index is 2.08. The number of aliphatic imine (C=N–C) groups is 1. The molecule has 2 rings (SSSR count). The fourth-order valence-corrected chi connectivity index (χ4v) is 3.53. The molecule has 0 saturated carbocycles. The van der Waals surface area contributed by atoms with Crippen LogP contribution in [-0.2, 0) is 9.47 Å². The van der Waals surface area contributed by atoms with Gasteiger partial charge >= 0.3 is 6.09 Å². The standard InChI is InChI=1S/C22H37N5O4/c1-8-24-19(26-14-18(28)16-9-11-23-12-10-16)25-13-17-15(2)30-22(6,7)27(17)20(29)31-21(3,4)5/h9-12,15,17-18,28H,8,13-14H2,1-7H3,(H2,24,25,26). The number of aromatic nitrogens is 1. The predicted molar refractivity (Wildman–Crippen MR) is 120 cm³/mol. The quantitative estimate of drug-likeness (QED) is 0.465. The summed E-state index contributed by atoms with van der Waals surface area (Å²) in [5, 5.41) is 16.8. The summed E-state index contributed by atoms with van der Waals surface area (Å²) in [7, 11) is 0. The van der Waals surface area contributed by atoms with E-state index < -0.39 is 23.5 Å². The first kappa shape index (κ1) is 24.9. The van der Waals surface area contributed by atoms with Gasteiger partial charge in [-0.25, -0.2) is 4.79 Å². The highest BCUT2D eigenvalue weighted by atomic mass is 16.6. The normalized spacial score (nSPS) is 22.2. The van der Waals surface area contributed by atoms with Gasteiger partial charge in [-0.2, -0.15) is 0 Å². The second kappa shape index (κ2) is 10.3. The average molecular weight is 436 g/mol. The highest BCUT2D eigenvalue weighted by molar-refractivity contribution is 5.80. The predicted octanol–water partition coefficient (Wildman–Crippen LogP) is 2.43. The SMILES string of the molecule is CCNC(=NCC(O)c1ccncc1)NCC1C(C)OC(C)(C)N1C(=O)OC(C)(C)C. The third-order valence-corrected chi connectivity index (χ3v) is 4.85. The van der Waals surface area contributed by atoms with Crippen molar-refractivity contribution in [1.82, 2.24) is 20.5 Å². The van der Waals surface area contributed by atoms with Crippen LogP contribution in [0.25, 0.3) is 0 Å². The molecule has 174 valence electrons. The highest BCUT2D eigenvalue weighted by Gasteiger charge is 2.49. The summed E-state index contributed by atoms with van der Waals surface area (Å²) in [6.07, 6.45) is 1.94. The number of rotatable bonds is 6. The molecule has 2 heterocycles. The smallest absolute Gasteiger partial charge is 0.412 e. The molecule has 1 saturated heterocycles. The first-order valence-electron chi connectivity index (χ1n) is 10.7. The zero-order valence-electron chi connectivity index (χ0n) is 19.7. The van der Waals surface area contributed by atoms with E-state index in [-0.39, 0.29) is 18.7 Å². The fraction of sp³-hybridized carbons (Fsp3) is 0.682. The van der Waals surface area contributed by atoms with Gasteiger partial charge in [-0.1, -0.05) is 0 Å². The fourth-order valence-electron chi connectivity index (χ4n) is 3.53. The highest BCUT2D eigenvalue weighted by Crippen LogP contribution is 2.33. The molecule has 1 aromatic heterocycles. The number of aliphatic hydroxyl groups excluding tert-OH is 1. The van der Waals surface area contributed by atoms with Crippen molar-refractivity contribution in [2.45, 2.75) is 78.0 Å². The van der Waals surface area contributed by atoms with Gasteiger partial charge in [-0.3, -0.25) is 14.9 Å². The Kier molecular flexibility index (Phi) is 8.25. The number of ether oxygens (including phenoxy) is 2. The van der Waals surface area contributed by atoms with Crippen molar-refractivity contribution >= 4 is 12.1 Å². The molecule has 31 heavy (non-hydrogen) atoms. The van der Waals surface area contributed by atoms with Gasteiger partial charge in [0.1, 0.15) is 11.3 Å². The minimum atomic E-state index is -0.791. The van der Waals surface area contributed by atoms with Gasteiger partial charge in [0, 0.05) is 25.5 Å². The third-order valence-electron chi connectivity index (χ3n) is 4.85. The van der Waals surface area contributed by atoms with Crippen molar-refractivity contribution in [3.8, 4) is 0 Å². The first-order valence-corrected chi connectivity index (χ1v) is 10.7. The lowest BCUT2D eigenvalue weighted by molar-refractivity contribution is -0.0755. The lowest BCUT2D eigenvalue weighted by Gasteiger charge is -2.35. The minimum Gasteiger partial charge on any atom is -0.444 e. The molecular formula is C22H37N5O4. The molecule has 0 radical (unpaired) electrons. The van der Waals surface area contributed by atoms with Crippen LogP contribution in [-0.4, -0.2) is 70.1 Å². The van der Waals surface area contributed by atoms with Crippen molar-refractivity contribution in [2.75, 3.05) is 19.6 Å². The van der Waals surface area contributed by atoms with E-state index in [2.05, 4.69) is 20.6 Å². The van der Waals surface area contributed by atoms with Gasteiger partial charge in [-0.15, -0.1) is 0 Å².